The summed E-state index contributed by atoms with van der Waals surface area (Å²) in [5.41, 5.74) is 0. The fourth-order valence-electron chi connectivity index (χ4n) is 0.519. The van der Waals surface area contributed by atoms with Crippen molar-refractivity contribution < 1.29 is 23.9 Å². The normalized spacial score (nSPS) is 9.92. The van der Waals surface area contributed by atoms with Crippen LogP contribution in [-0.2, 0) is 4.74 Å². The average molecular weight is 210 g/mol. The summed E-state index contributed by atoms with van der Waals surface area (Å²) in [5.74, 6) is 0. The summed E-state index contributed by atoms with van der Waals surface area (Å²) in [6.45, 7) is 6.44. The van der Waals surface area contributed by atoms with Gasteiger partial charge in [0.2, 0.25) is 0 Å². The van der Waals surface area contributed by atoms with Crippen LogP contribution in [0.15, 0.2) is 12.8 Å². The molecule has 6 heteroatoms. The Morgan fingerprint density at radius 1 is 1.23 bits per heavy atom. The third-order valence-electron chi connectivity index (χ3n) is 0.984. The molecule has 0 aliphatic rings. The molecule has 0 bridgehead atoms. The first kappa shape index (κ1) is 15.1. The van der Waals surface area contributed by atoms with Crippen molar-refractivity contribution in [1.29, 1.82) is 0 Å². The van der Waals surface area contributed by atoms with Gasteiger partial charge in [-0.1, -0.05) is 26.3 Å². The van der Waals surface area contributed by atoms with Gasteiger partial charge in [0.15, 0.2) is 0 Å². The maximum Gasteiger partial charge on any atom is 0.668 e. The van der Waals surface area contributed by atoms with E-state index in [1.807, 2.05) is 0 Å². The number of rotatable bonds is 5. The highest BCUT2D eigenvalue weighted by molar-refractivity contribution is 6.46. The van der Waals surface area contributed by atoms with Crippen LogP contribution in [-0.4, -0.2) is 34.8 Å². The van der Waals surface area contributed by atoms with Crippen LogP contribution in [0.25, 0.3) is 0 Å². The van der Waals surface area contributed by atoms with Gasteiger partial charge in [-0.2, -0.15) is 0 Å². The first-order chi connectivity index (χ1) is 5.91. The Morgan fingerprint density at radius 3 is 2.00 bits per heavy atom. The largest absolute Gasteiger partial charge is 0.668 e. The van der Waals surface area contributed by atoms with E-state index in [0.29, 0.717) is 0 Å². The highest BCUT2D eigenvalue weighted by Crippen LogP contribution is 1.93. The first-order valence-corrected chi connectivity index (χ1v) is 5.82. The molecule has 0 rings (SSSR count). The molecule has 0 aromatic carbocycles. The molecule has 0 saturated heterocycles. The van der Waals surface area contributed by atoms with Gasteiger partial charge in [0, 0.05) is 0 Å². The zero-order valence-corrected chi connectivity index (χ0v) is 8.81. The molecule has 80 valence electrons. The second-order valence-corrected chi connectivity index (χ2v) is 3.54. The Hall–Kier alpha value is -0.403. The number of unbranched alkanes of at least 4 members (excludes halogenated alkanes) is 2. The van der Waals surface area contributed by atoms with Gasteiger partial charge < -0.3 is 23.9 Å². The topological polar surface area (TPSA) is 90.2 Å². The Bertz CT molecular complexity index is 106. The lowest BCUT2D eigenvalue weighted by Crippen LogP contribution is -2.33. The van der Waals surface area contributed by atoms with Crippen LogP contribution >= 0.6 is 0 Å². The van der Waals surface area contributed by atoms with Gasteiger partial charge in [-0.3, -0.25) is 0 Å². The summed E-state index contributed by atoms with van der Waals surface area (Å²) in [4.78, 5) is 29.3. The van der Waals surface area contributed by atoms with Crippen molar-refractivity contribution in [2.75, 3.05) is 6.61 Å². The lowest BCUT2D eigenvalue weighted by atomic mass is 10.3. The quantitative estimate of drug-likeness (QED) is 0.285. The Morgan fingerprint density at radius 2 is 1.69 bits per heavy atom. The van der Waals surface area contributed by atoms with Gasteiger partial charge >= 0.3 is 9.05 Å². The van der Waals surface area contributed by atoms with Crippen LogP contribution in [0.1, 0.15) is 26.2 Å². The lowest BCUT2D eigenvalue weighted by molar-refractivity contribution is 0.117. The summed E-state index contributed by atoms with van der Waals surface area (Å²) in [6.07, 6.45) is 5.16. The Balaban J connectivity index is 0. The van der Waals surface area contributed by atoms with Crippen molar-refractivity contribution in [3.8, 4) is 0 Å². The second-order valence-electron chi connectivity index (χ2n) is 2.34. The molecule has 0 aliphatic heterocycles. The summed E-state index contributed by atoms with van der Waals surface area (Å²) in [7, 11) is -4.61. The van der Waals surface area contributed by atoms with Gasteiger partial charge in [-0.05, 0) is 6.42 Å². The average Bonchev–Trinajstić information content (AvgIpc) is 1.95. The van der Waals surface area contributed by atoms with Gasteiger partial charge in [-0.15, -0.1) is 0 Å². The van der Waals surface area contributed by atoms with Crippen LogP contribution in [0.2, 0.25) is 0 Å². The van der Waals surface area contributed by atoms with Crippen molar-refractivity contribution in [1.82, 2.24) is 0 Å². The molecule has 0 atom stereocenters. The molecule has 0 heterocycles. The van der Waals surface area contributed by atoms with E-state index in [1.165, 1.54) is 19.1 Å². The summed E-state index contributed by atoms with van der Waals surface area (Å²) < 4.78 is 4.90. The van der Waals surface area contributed by atoms with Crippen molar-refractivity contribution in [2.45, 2.75) is 26.2 Å². The maximum atomic E-state index is 7.33. The number of hydrogen-bond acceptors (Lipinski definition) is 5. The number of hydrogen-bond donors (Lipinski definition) is 4. The fourth-order valence-corrected chi connectivity index (χ4v) is 0.519. The van der Waals surface area contributed by atoms with Crippen LogP contribution in [0, 0.1) is 0 Å². The van der Waals surface area contributed by atoms with E-state index in [-0.39, 0.29) is 0 Å². The van der Waals surface area contributed by atoms with E-state index in [9.17, 15) is 0 Å². The fraction of sp³-hybridized carbons (Fsp3) is 0.714. The monoisotopic (exact) mass is 210 g/mol. The van der Waals surface area contributed by atoms with E-state index >= 15 is 0 Å². The molecule has 13 heavy (non-hydrogen) atoms. The van der Waals surface area contributed by atoms with Gasteiger partial charge in [0.05, 0.1) is 12.9 Å². The summed E-state index contributed by atoms with van der Waals surface area (Å²) in [5, 5.41) is 0. The molecule has 5 nitrogen and oxygen atoms in total. The summed E-state index contributed by atoms with van der Waals surface area (Å²) in [6, 6.07) is 0. The summed E-state index contributed by atoms with van der Waals surface area (Å²) >= 11 is 0. The predicted octanol–water partition coefficient (Wildman–Crippen LogP) is -0.272. The minimum atomic E-state index is -4.61. The molecule has 0 radical (unpaired) electrons. The zero-order valence-electron chi connectivity index (χ0n) is 7.81. The minimum absolute atomic E-state index is 0.831. The van der Waals surface area contributed by atoms with Gasteiger partial charge in [0.25, 0.3) is 0 Å². The van der Waals surface area contributed by atoms with E-state index in [0.717, 1.165) is 13.0 Å². The molecular weight excluding hydrogens is 192 g/mol. The van der Waals surface area contributed by atoms with Crippen LogP contribution in [0.4, 0.5) is 0 Å². The van der Waals surface area contributed by atoms with Crippen LogP contribution in [0.3, 0.4) is 0 Å². The second kappa shape index (κ2) is 9.68. The van der Waals surface area contributed by atoms with Gasteiger partial charge in [-0.25, -0.2) is 0 Å². The van der Waals surface area contributed by atoms with Crippen molar-refractivity contribution in [3.63, 3.8) is 0 Å². The maximum absolute atomic E-state index is 7.33. The van der Waals surface area contributed by atoms with Crippen LogP contribution in [0.5, 0.6) is 0 Å². The third-order valence-corrected chi connectivity index (χ3v) is 0.984. The van der Waals surface area contributed by atoms with E-state index in [4.69, 9.17) is 23.9 Å². The Kier molecular flexibility index (Phi) is 11.2. The van der Waals surface area contributed by atoms with E-state index in [2.05, 4.69) is 13.5 Å². The lowest BCUT2D eigenvalue weighted by Gasteiger charge is -1.96. The first-order valence-electron chi connectivity index (χ1n) is 4.03. The SMILES string of the molecule is C=COCCCCC.O[Si](O)(O)O. The van der Waals surface area contributed by atoms with Gasteiger partial charge in [0.1, 0.15) is 0 Å². The highest BCUT2D eigenvalue weighted by atomic mass is 28.4. The molecule has 0 amide bonds. The molecule has 0 aliphatic carbocycles. The Labute approximate surface area is 79.4 Å². The minimum Gasteiger partial charge on any atom is -0.502 e. The van der Waals surface area contributed by atoms with E-state index < -0.39 is 9.05 Å². The molecule has 0 aromatic rings. The van der Waals surface area contributed by atoms with Crippen molar-refractivity contribution in [3.05, 3.63) is 12.8 Å². The third kappa shape index (κ3) is 50.5. The smallest absolute Gasteiger partial charge is 0.502 e. The standard InChI is InChI=1S/C7H14O.H4O4Si/c1-3-5-6-7-8-4-2;1-5(2,3)4/h4H,2-3,5-7H2,1H3;1-4H. The van der Waals surface area contributed by atoms with Crippen molar-refractivity contribution >= 4 is 9.05 Å². The predicted molar refractivity (Wildman–Crippen MR) is 50.3 cm³/mol. The number of ether oxygens (including phenoxy) is 1. The molecule has 0 saturated carbocycles. The molecule has 4 N–H and O–H groups in total. The molecule has 0 aromatic heterocycles. The molecular formula is C7H18O5Si. The van der Waals surface area contributed by atoms with Crippen molar-refractivity contribution in [2.24, 2.45) is 0 Å². The van der Waals surface area contributed by atoms with Crippen LogP contribution < -0.4 is 0 Å². The zero-order chi connectivity index (χ0) is 10.7. The molecule has 0 fully saturated rings. The van der Waals surface area contributed by atoms with E-state index in [1.54, 1.807) is 0 Å². The highest BCUT2D eigenvalue weighted by Gasteiger charge is 2.22. The molecule has 0 unspecified atom stereocenters. The molecule has 0 spiro atoms.